The molecule has 0 spiro atoms. The van der Waals surface area contributed by atoms with Crippen LogP contribution in [-0.2, 0) is 55.0 Å². The fraction of sp³-hybridized carbons (Fsp3) is 0.0400. The maximum atomic E-state index is 12.4. The third-order valence-electron chi connectivity index (χ3n) is 3.42. The van der Waals surface area contributed by atoms with E-state index in [1.165, 1.54) is 5.56 Å². The van der Waals surface area contributed by atoms with Gasteiger partial charge in [0.15, 0.2) is 0 Å². The maximum absolute atomic E-state index is 12.4. The molecule has 0 aliphatic heterocycles. The molecule has 0 aliphatic rings. The van der Waals surface area contributed by atoms with Crippen LogP contribution in [0.3, 0.4) is 0 Å². The first kappa shape index (κ1) is 38.2. The standard InChI is InChI=1S/C20H17O2P.5CO.W/c21-20(18-12-6-2-7-13-18)22-23(19-14-8-3-9-15-19)16-17-10-4-1-5-11-17;5*1-2;/h1-15H,16H2;;;;;;. The average Bonchev–Trinajstić information content (AvgIpc) is 2.95. The molecule has 3 aromatic rings. The molecule has 9 heteroatoms. The molecule has 0 amide bonds. The Morgan fingerprint density at radius 2 is 0.971 bits per heavy atom. The van der Waals surface area contributed by atoms with Crippen LogP contribution in [0.25, 0.3) is 0 Å². The summed E-state index contributed by atoms with van der Waals surface area (Å²) >= 11 is 0. The molecule has 170 valence electrons. The topological polar surface area (TPSA) is 126 Å². The Labute approximate surface area is 214 Å². The minimum Gasteiger partial charge on any atom is 0 e. The Hall–Kier alpha value is -3.05. The third-order valence-corrected chi connectivity index (χ3v) is 5.33. The molecule has 0 bridgehead atoms. The summed E-state index contributed by atoms with van der Waals surface area (Å²) in [6, 6.07) is 29.2. The van der Waals surface area contributed by atoms with Gasteiger partial charge in [-0.3, -0.25) is 0 Å². The van der Waals surface area contributed by atoms with Crippen molar-refractivity contribution in [1.82, 2.24) is 0 Å². The van der Waals surface area contributed by atoms with Gasteiger partial charge in [0.25, 0.3) is 0 Å². The second-order valence-corrected chi connectivity index (χ2v) is 6.87. The third kappa shape index (κ3) is 16.6. The van der Waals surface area contributed by atoms with E-state index in [1.807, 2.05) is 66.7 Å². The molecule has 7 nitrogen and oxygen atoms in total. The Morgan fingerprint density at radius 1 is 0.618 bits per heavy atom. The van der Waals surface area contributed by atoms with Crippen LogP contribution in [0.5, 0.6) is 0 Å². The van der Waals surface area contributed by atoms with Crippen LogP contribution < -0.4 is 5.30 Å². The van der Waals surface area contributed by atoms with Gasteiger partial charge >= 0.3 is 62.5 Å². The first-order valence-electron chi connectivity index (χ1n) is 8.49. The van der Waals surface area contributed by atoms with Crippen molar-refractivity contribution in [1.29, 1.82) is 0 Å². The maximum Gasteiger partial charge on any atom is 0 e. The van der Waals surface area contributed by atoms with Crippen LogP contribution in [-0.4, -0.2) is 5.97 Å². The zero-order valence-corrected chi connectivity index (χ0v) is 21.4. The van der Waals surface area contributed by atoms with Crippen LogP contribution in [0.2, 0.25) is 0 Å². The first-order valence-corrected chi connectivity index (χ1v) is 9.93. The van der Waals surface area contributed by atoms with Crippen molar-refractivity contribution >= 4 is 19.4 Å². The van der Waals surface area contributed by atoms with Crippen LogP contribution in [0.1, 0.15) is 15.9 Å². The summed E-state index contributed by atoms with van der Waals surface area (Å²) in [6.45, 7) is 22.5. The minimum absolute atomic E-state index is 0. The zero-order valence-electron chi connectivity index (χ0n) is 17.6. The number of hydrogen-bond donors (Lipinski definition) is 0. The van der Waals surface area contributed by atoms with Gasteiger partial charge in [0.05, 0.1) is 5.56 Å². The molecule has 34 heavy (non-hydrogen) atoms. The van der Waals surface area contributed by atoms with Crippen molar-refractivity contribution < 1.29 is 53.6 Å². The molecular formula is C25H17O7PW. The molecule has 0 aliphatic carbocycles. The smallest absolute Gasteiger partial charge is 0 e. The summed E-state index contributed by atoms with van der Waals surface area (Å²) in [4.78, 5) is 12.4. The number of carbonyl (C=O) groups excluding carboxylic acids is 1. The van der Waals surface area contributed by atoms with Crippen LogP contribution >= 0.6 is 8.15 Å². The summed E-state index contributed by atoms with van der Waals surface area (Å²) in [6.07, 6.45) is 0.721. The molecule has 3 rings (SSSR count). The predicted octanol–water partition coefficient (Wildman–Crippen LogP) is 4.58. The van der Waals surface area contributed by atoms with E-state index < -0.39 is 8.15 Å². The Bertz CT molecular complexity index is 935. The van der Waals surface area contributed by atoms with Crippen LogP contribution in [0, 0.1) is 33.3 Å². The van der Waals surface area contributed by atoms with Crippen molar-refractivity contribution in [3.8, 4) is 0 Å². The van der Waals surface area contributed by atoms with E-state index in [2.05, 4.69) is 45.4 Å². The molecule has 3 aromatic carbocycles. The van der Waals surface area contributed by atoms with Crippen molar-refractivity contribution in [3.63, 3.8) is 0 Å². The van der Waals surface area contributed by atoms with E-state index in [9.17, 15) is 4.79 Å². The molecule has 0 aromatic heterocycles. The molecular weight excluding hydrogens is 627 g/mol. The molecule has 0 fully saturated rings. The van der Waals surface area contributed by atoms with Gasteiger partial charge in [0.1, 0.15) is 8.15 Å². The molecule has 0 radical (unpaired) electrons. The molecule has 0 N–H and O–H groups in total. The van der Waals surface area contributed by atoms with Gasteiger partial charge in [-0.2, -0.15) is 0 Å². The van der Waals surface area contributed by atoms with E-state index in [0.717, 1.165) is 11.5 Å². The largest absolute Gasteiger partial charge is 0 e. The minimum atomic E-state index is -1.04. The van der Waals surface area contributed by atoms with E-state index >= 15 is 0 Å². The SMILES string of the molecule is O=C(OP(Cc1ccccc1)c1ccccc1)c1ccccc1.[C-]#[O+].[C-]#[O+].[C-]#[O+].[C-]#[O+].[C-]#[O+].[W]. The fourth-order valence-corrected chi connectivity index (χ4v) is 3.95. The second kappa shape index (κ2) is 29.9. The first-order chi connectivity index (χ1) is 16.3. The fourth-order valence-electron chi connectivity index (χ4n) is 2.25. The van der Waals surface area contributed by atoms with E-state index in [4.69, 9.17) is 27.8 Å². The Kier molecular flexibility index (Phi) is 33.7. The van der Waals surface area contributed by atoms with Gasteiger partial charge in [0, 0.05) is 32.5 Å². The number of benzene rings is 3. The van der Waals surface area contributed by atoms with Crippen molar-refractivity contribution in [2.75, 3.05) is 0 Å². The van der Waals surface area contributed by atoms with Crippen molar-refractivity contribution in [2.45, 2.75) is 6.16 Å². The number of carbonyl (C=O) groups is 1. The number of rotatable bonds is 5. The normalized spacial score (nSPS) is 8.18. The zero-order chi connectivity index (χ0) is 25.9. The summed E-state index contributed by atoms with van der Waals surface area (Å²) in [7, 11) is -1.04. The van der Waals surface area contributed by atoms with Crippen molar-refractivity contribution in [2.24, 2.45) is 0 Å². The second-order valence-electron chi connectivity index (χ2n) is 5.10. The van der Waals surface area contributed by atoms with E-state index in [1.54, 1.807) is 12.1 Å². The predicted molar refractivity (Wildman–Crippen MR) is 115 cm³/mol. The summed E-state index contributed by atoms with van der Waals surface area (Å²) in [5.41, 5.74) is 1.76. The van der Waals surface area contributed by atoms with Gasteiger partial charge in [-0.05, 0) is 17.7 Å². The molecule has 0 saturated heterocycles. The quantitative estimate of drug-likeness (QED) is 0.229. The summed E-state index contributed by atoms with van der Waals surface area (Å²) in [5, 5.41) is 1.07. The van der Waals surface area contributed by atoms with Gasteiger partial charge in [-0.1, -0.05) is 78.9 Å². The number of hydrogen-bond acceptors (Lipinski definition) is 2. The molecule has 1 unspecified atom stereocenters. The monoisotopic (exact) mass is 644 g/mol. The Balaban J connectivity index is -0.000000364. The van der Waals surface area contributed by atoms with Gasteiger partial charge in [-0.25, -0.2) is 4.79 Å². The molecule has 1 atom stereocenters. The Morgan fingerprint density at radius 3 is 1.38 bits per heavy atom. The van der Waals surface area contributed by atoms with Gasteiger partial charge in [-0.15, -0.1) is 0 Å². The van der Waals surface area contributed by atoms with Gasteiger partial charge in [0.2, 0.25) is 0 Å². The van der Waals surface area contributed by atoms with E-state index in [0.29, 0.717) is 5.56 Å². The summed E-state index contributed by atoms with van der Waals surface area (Å²) in [5.74, 6) is -0.267. The van der Waals surface area contributed by atoms with Crippen LogP contribution in [0.4, 0.5) is 0 Å². The average molecular weight is 644 g/mol. The van der Waals surface area contributed by atoms with Crippen LogP contribution in [0.15, 0.2) is 91.0 Å². The summed E-state index contributed by atoms with van der Waals surface area (Å²) < 4.78 is 43.4. The van der Waals surface area contributed by atoms with E-state index in [-0.39, 0.29) is 27.0 Å². The van der Waals surface area contributed by atoms with Crippen molar-refractivity contribution in [3.05, 3.63) is 135 Å². The molecule has 0 saturated carbocycles. The van der Waals surface area contributed by atoms with Gasteiger partial charge < -0.3 is 4.52 Å². The molecule has 0 heterocycles.